The monoisotopic (exact) mass is 248 g/mol. The van der Waals surface area contributed by atoms with Gasteiger partial charge in [-0.25, -0.2) is 0 Å². The van der Waals surface area contributed by atoms with Crippen LogP contribution >= 0.6 is 0 Å². The average molecular weight is 248 g/mol. The Bertz CT molecular complexity index is 481. The Labute approximate surface area is 105 Å². The number of nitrogens with zero attached hydrogens (tertiary/aromatic N) is 2. The molecule has 0 bridgehead atoms. The molecule has 0 amide bonds. The summed E-state index contributed by atoms with van der Waals surface area (Å²) >= 11 is 0. The summed E-state index contributed by atoms with van der Waals surface area (Å²) in [6.45, 7) is 3.16. The molecule has 0 unspecified atom stereocenters. The maximum atomic E-state index is 5.38. The van der Waals surface area contributed by atoms with Crippen molar-refractivity contribution in [3.8, 4) is 5.75 Å². The third kappa shape index (κ3) is 3.21. The van der Waals surface area contributed by atoms with Crippen molar-refractivity contribution in [3.05, 3.63) is 30.2 Å². The summed E-state index contributed by atoms with van der Waals surface area (Å²) in [7, 11) is 1.82. The van der Waals surface area contributed by atoms with Crippen molar-refractivity contribution < 1.29 is 9.15 Å². The Balaban J connectivity index is 1.99. The topological polar surface area (TPSA) is 72.2 Å². The van der Waals surface area contributed by atoms with Crippen LogP contribution in [0.15, 0.2) is 28.7 Å². The molecule has 1 aromatic carbocycles. The first-order valence-corrected chi connectivity index (χ1v) is 5.78. The molecule has 2 rings (SSSR count). The minimum Gasteiger partial charge on any atom is -0.494 e. The van der Waals surface area contributed by atoms with Crippen LogP contribution < -0.4 is 15.4 Å². The zero-order valence-corrected chi connectivity index (χ0v) is 10.4. The van der Waals surface area contributed by atoms with E-state index in [9.17, 15) is 0 Å². The fourth-order valence-corrected chi connectivity index (χ4v) is 1.45. The molecule has 0 aliphatic heterocycles. The molecule has 1 heterocycles. The largest absolute Gasteiger partial charge is 0.494 e. The van der Waals surface area contributed by atoms with Gasteiger partial charge < -0.3 is 19.8 Å². The number of rotatable bonds is 6. The highest BCUT2D eigenvalue weighted by Gasteiger charge is 2.05. The van der Waals surface area contributed by atoms with Crippen LogP contribution in [0, 0.1) is 0 Å². The Morgan fingerprint density at radius 3 is 2.67 bits per heavy atom. The molecule has 0 aliphatic rings. The zero-order valence-electron chi connectivity index (χ0n) is 10.4. The van der Waals surface area contributed by atoms with Crippen molar-refractivity contribution in [3.63, 3.8) is 0 Å². The third-order valence-electron chi connectivity index (χ3n) is 2.21. The van der Waals surface area contributed by atoms with Gasteiger partial charge in [0.25, 0.3) is 0 Å². The zero-order chi connectivity index (χ0) is 12.8. The Kier molecular flexibility index (Phi) is 4.14. The Morgan fingerprint density at radius 2 is 2.00 bits per heavy atom. The van der Waals surface area contributed by atoms with Crippen molar-refractivity contribution in [2.45, 2.75) is 13.5 Å². The predicted molar refractivity (Wildman–Crippen MR) is 68.0 cm³/mol. The maximum Gasteiger partial charge on any atom is 0.320 e. The normalized spacial score (nSPS) is 10.3. The quantitative estimate of drug-likeness (QED) is 0.813. The van der Waals surface area contributed by atoms with E-state index in [0.29, 0.717) is 25.1 Å². The van der Waals surface area contributed by atoms with E-state index in [-0.39, 0.29) is 0 Å². The highest BCUT2D eigenvalue weighted by Crippen LogP contribution is 2.19. The summed E-state index contributed by atoms with van der Waals surface area (Å²) in [5.74, 6) is 1.38. The Morgan fingerprint density at radius 1 is 1.22 bits per heavy atom. The van der Waals surface area contributed by atoms with Gasteiger partial charge in [-0.1, -0.05) is 5.10 Å². The van der Waals surface area contributed by atoms with Crippen LogP contribution in [0.5, 0.6) is 5.75 Å². The molecule has 1 aromatic heterocycles. The van der Waals surface area contributed by atoms with E-state index >= 15 is 0 Å². The summed E-state index contributed by atoms with van der Waals surface area (Å²) in [6.07, 6.45) is 0. The molecule has 6 nitrogen and oxygen atoms in total. The van der Waals surface area contributed by atoms with E-state index < -0.39 is 0 Å². The number of benzene rings is 1. The van der Waals surface area contributed by atoms with Crippen LogP contribution in [0.25, 0.3) is 0 Å². The molecule has 0 fully saturated rings. The number of nitrogens with one attached hydrogen (secondary N) is 2. The fourth-order valence-electron chi connectivity index (χ4n) is 1.45. The van der Waals surface area contributed by atoms with E-state index in [2.05, 4.69) is 20.8 Å². The van der Waals surface area contributed by atoms with Gasteiger partial charge in [0.15, 0.2) is 0 Å². The van der Waals surface area contributed by atoms with Crippen molar-refractivity contribution in [2.75, 3.05) is 19.0 Å². The molecule has 0 aliphatic carbocycles. The van der Waals surface area contributed by atoms with E-state index in [1.54, 1.807) is 0 Å². The van der Waals surface area contributed by atoms with Gasteiger partial charge in [0.05, 0.1) is 13.2 Å². The molecule has 18 heavy (non-hydrogen) atoms. The van der Waals surface area contributed by atoms with Crippen molar-refractivity contribution in [1.29, 1.82) is 0 Å². The molecule has 0 spiro atoms. The smallest absolute Gasteiger partial charge is 0.320 e. The van der Waals surface area contributed by atoms with Crippen LogP contribution in [-0.2, 0) is 6.54 Å². The molecular weight excluding hydrogens is 232 g/mol. The van der Waals surface area contributed by atoms with Crippen molar-refractivity contribution >= 4 is 11.7 Å². The molecule has 0 saturated carbocycles. The van der Waals surface area contributed by atoms with Crippen LogP contribution in [-0.4, -0.2) is 23.9 Å². The van der Waals surface area contributed by atoms with E-state index in [1.165, 1.54) is 0 Å². The number of hydrogen-bond acceptors (Lipinski definition) is 6. The molecule has 0 radical (unpaired) electrons. The van der Waals surface area contributed by atoms with Gasteiger partial charge in [0.2, 0.25) is 5.89 Å². The third-order valence-corrected chi connectivity index (χ3v) is 2.21. The lowest BCUT2D eigenvalue weighted by Gasteiger charge is -2.04. The van der Waals surface area contributed by atoms with E-state index in [0.717, 1.165) is 11.4 Å². The molecule has 96 valence electrons. The van der Waals surface area contributed by atoms with Gasteiger partial charge in [-0.05, 0) is 38.2 Å². The second kappa shape index (κ2) is 6.02. The summed E-state index contributed by atoms with van der Waals surface area (Å²) in [6, 6.07) is 7.94. The molecular formula is C12H16N4O2. The summed E-state index contributed by atoms with van der Waals surface area (Å²) in [5.41, 5.74) is 0.873. The summed E-state index contributed by atoms with van der Waals surface area (Å²) in [4.78, 5) is 0. The average Bonchev–Trinajstić information content (AvgIpc) is 2.80. The van der Waals surface area contributed by atoms with Crippen molar-refractivity contribution in [1.82, 2.24) is 15.5 Å². The lowest BCUT2D eigenvalue weighted by Crippen LogP contribution is -2.04. The highest BCUT2D eigenvalue weighted by atomic mass is 16.5. The fraction of sp³-hybridized carbons (Fsp3) is 0.333. The maximum absolute atomic E-state index is 5.38. The first-order chi connectivity index (χ1) is 8.81. The van der Waals surface area contributed by atoms with Crippen LogP contribution in [0.1, 0.15) is 12.8 Å². The van der Waals surface area contributed by atoms with Gasteiger partial charge in [-0.3, -0.25) is 0 Å². The number of hydrogen-bond donors (Lipinski definition) is 2. The summed E-state index contributed by atoms with van der Waals surface area (Å²) in [5, 5.41) is 13.7. The lowest BCUT2D eigenvalue weighted by atomic mass is 10.3. The van der Waals surface area contributed by atoms with Gasteiger partial charge in [-0.15, -0.1) is 5.10 Å². The van der Waals surface area contributed by atoms with Crippen LogP contribution in [0.3, 0.4) is 0 Å². The number of anilines is 2. The molecule has 0 atom stereocenters. The van der Waals surface area contributed by atoms with Crippen LogP contribution in [0.4, 0.5) is 11.7 Å². The minimum absolute atomic E-state index is 0.379. The highest BCUT2D eigenvalue weighted by molar-refractivity contribution is 5.53. The van der Waals surface area contributed by atoms with E-state index in [4.69, 9.17) is 9.15 Å². The number of aromatic nitrogens is 2. The Hall–Kier alpha value is -2.08. The lowest BCUT2D eigenvalue weighted by molar-refractivity contribution is 0.340. The van der Waals surface area contributed by atoms with Crippen LogP contribution in [0.2, 0.25) is 0 Å². The molecule has 6 heteroatoms. The van der Waals surface area contributed by atoms with Gasteiger partial charge >= 0.3 is 6.01 Å². The first kappa shape index (κ1) is 12.4. The van der Waals surface area contributed by atoms with Crippen molar-refractivity contribution in [2.24, 2.45) is 0 Å². The number of ether oxygens (including phenoxy) is 1. The molecule has 0 saturated heterocycles. The SMILES string of the molecule is CCOc1ccc(Nc2nnc(CNC)o2)cc1. The van der Waals surface area contributed by atoms with E-state index in [1.807, 2.05) is 38.2 Å². The minimum atomic E-state index is 0.379. The second-order valence-corrected chi connectivity index (χ2v) is 3.61. The molecule has 2 N–H and O–H groups in total. The first-order valence-electron chi connectivity index (χ1n) is 5.78. The molecule has 2 aromatic rings. The van der Waals surface area contributed by atoms with Gasteiger partial charge in [-0.2, -0.15) is 0 Å². The van der Waals surface area contributed by atoms with Gasteiger partial charge in [0.1, 0.15) is 5.75 Å². The van der Waals surface area contributed by atoms with Gasteiger partial charge in [0, 0.05) is 5.69 Å². The second-order valence-electron chi connectivity index (χ2n) is 3.61. The predicted octanol–water partition coefficient (Wildman–Crippen LogP) is 1.93. The standard InChI is InChI=1S/C12H16N4O2/c1-3-17-10-6-4-9(5-7-10)14-12-16-15-11(18-12)8-13-2/h4-7,13H,3,8H2,1-2H3,(H,14,16). The summed E-state index contributed by atoms with van der Waals surface area (Å²) < 4.78 is 10.7.